The molecule has 162 valence electrons. The van der Waals surface area contributed by atoms with Gasteiger partial charge in [0.1, 0.15) is 17.6 Å². The van der Waals surface area contributed by atoms with Crippen LogP contribution in [0.5, 0.6) is 0 Å². The van der Waals surface area contributed by atoms with Crippen LogP contribution in [0.25, 0.3) is 28.2 Å². The maximum absolute atomic E-state index is 12.7. The normalized spacial score (nSPS) is 11.9. The Morgan fingerprint density at radius 2 is 1.61 bits per heavy atom. The van der Waals surface area contributed by atoms with Gasteiger partial charge in [0, 0.05) is 23.0 Å². The number of aryl methyl sites for hydroxylation is 1. The lowest BCUT2D eigenvalue weighted by molar-refractivity contribution is 0.0747. The van der Waals surface area contributed by atoms with E-state index in [4.69, 9.17) is 4.52 Å². The topological polar surface area (TPSA) is 81.2 Å². The first kappa shape index (κ1) is 20.6. The molecule has 0 aliphatic heterocycles. The minimum atomic E-state index is -1.19. The number of aromatic nitrogens is 3. The highest BCUT2D eigenvalue weighted by molar-refractivity contribution is 6.00. The molecule has 6 nitrogen and oxygen atoms in total. The summed E-state index contributed by atoms with van der Waals surface area (Å²) >= 11 is 0. The first-order valence-electron chi connectivity index (χ1n) is 10.6. The first-order chi connectivity index (χ1) is 16.1. The summed E-state index contributed by atoms with van der Waals surface area (Å²) in [5.74, 6) is 0.349. The van der Waals surface area contributed by atoms with Crippen molar-refractivity contribution in [1.82, 2.24) is 14.7 Å². The van der Waals surface area contributed by atoms with Gasteiger partial charge in [-0.05, 0) is 36.8 Å². The molecule has 0 aliphatic carbocycles. The zero-order valence-corrected chi connectivity index (χ0v) is 17.9. The summed E-state index contributed by atoms with van der Waals surface area (Å²) in [5, 5.41) is 14.6. The standard InChI is InChI=1S/C27H21N3O3/c1-18-24(25(29-33-18)19-8-4-2-5-9-19)23-16-30(17-28-23)22-14-12-21(13-15-22)27(32)26(31)20-10-6-3-7-11-20/h2-17,26,31H,1H3. The second-order valence-corrected chi connectivity index (χ2v) is 7.72. The number of carbonyl (C=O) groups excluding carboxylic acids is 1. The largest absolute Gasteiger partial charge is 0.380 e. The van der Waals surface area contributed by atoms with Gasteiger partial charge in [-0.25, -0.2) is 4.98 Å². The molecule has 2 aromatic heterocycles. The number of hydrogen-bond donors (Lipinski definition) is 1. The van der Waals surface area contributed by atoms with Gasteiger partial charge in [-0.15, -0.1) is 0 Å². The van der Waals surface area contributed by atoms with Crippen molar-refractivity contribution < 1.29 is 14.4 Å². The van der Waals surface area contributed by atoms with Crippen molar-refractivity contribution in [3.63, 3.8) is 0 Å². The van der Waals surface area contributed by atoms with Crippen molar-refractivity contribution in [3.05, 3.63) is 114 Å². The van der Waals surface area contributed by atoms with E-state index in [1.807, 2.05) is 66.2 Å². The van der Waals surface area contributed by atoms with E-state index in [0.29, 0.717) is 16.9 Å². The summed E-state index contributed by atoms with van der Waals surface area (Å²) < 4.78 is 7.33. The Kier molecular flexibility index (Phi) is 5.42. The van der Waals surface area contributed by atoms with Crippen LogP contribution in [0.2, 0.25) is 0 Å². The lowest BCUT2D eigenvalue weighted by Crippen LogP contribution is -2.12. The number of rotatable bonds is 6. The Morgan fingerprint density at radius 3 is 2.30 bits per heavy atom. The Morgan fingerprint density at radius 1 is 0.939 bits per heavy atom. The molecule has 0 amide bonds. The van der Waals surface area contributed by atoms with Crippen molar-refractivity contribution in [1.29, 1.82) is 0 Å². The highest BCUT2D eigenvalue weighted by atomic mass is 16.5. The molecule has 0 fully saturated rings. The minimum Gasteiger partial charge on any atom is -0.380 e. The molecular formula is C27H21N3O3. The number of aliphatic hydroxyl groups excluding tert-OH is 1. The Balaban J connectivity index is 1.41. The fraction of sp³-hybridized carbons (Fsp3) is 0.0741. The number of nitrogens with zero attached hydrogens (tertiary/aromatic N) is 3. The van der Waals surface area contributed by atoms with Crippen molar-refractivity contribution in [2.75, 3.05) is 0 Å². The van der Waals surface area contributed by atoms with Gasteiger partial charge in [0.2, 0.25) is 0 Å². The molecule has 0 bridgehead atoms. The SMILES string of the molecule is Cc1onc(-c2ccccc2)c1-c1cn(-c2ccc(C(=O)C(O)c3ccccc3)cc2)cn1. The van der Waals surface area contributed by atoms with E-state index in [-0.39, 0.29) is 5.78 Å². The third kappa shape index (κ3) is 4.00. The maximum Gasteiger partial charge on any atom is 0.195 e. The predicted octanol–water partition coefficient (Wildman–Crippen LogP) is 5.42. The summed E-state index contributed by atoms with van der Waals surface area (Å²) in [7, 11) is 0. The van der Waals surface area contributed by atoms with E-state index in [2.05, 4.69) is 10.1 Å². The van der Waals surface area contributed by atoms with Crippen LogP contribution < -0.4 is 0 Å². The van der Waals surface area contributed by atoms with E-state index in [1.54, 1.807) is 42.7 Å². The van der Waals surface area contributed by atoms with Crippen molar-refractivity contribution in [2.45, 2.75) is 13.0 Å². The summed E-state index contributed by atoms with van der Waals surface area (Å²) in [6, 6.07) is 25.8. The molecule has 0 radical (unpaired) electrons. The average molecular weight is 435 g/mol. The van der Waals surface area contributed by atoms with E-state index in [0.717, 1.165) is 28.2 Å². The molecule has 0 aliphatic rings. The number of imidazole rings is 1. The van der Waals surface area contributed by atoms with Crippen molar-refractivity contribution >= 4 is 5.78 Å². The van der Waals surface area contributed by atoms with Gasteiger partial charge in [-0.2, -0.15) is 0 Å². The number of carbonyl (C=O) groups is 1. The fourth-order valence-electron chi connectivity index (χ4n) is 3.80. The Hall–Kier alpha value is -4.29. The highest BCUT2D eigenvalue weighted by Crippen LogP contribution is 2.33. The van der Waals surface area contributed by atoms with Crippen LogP contribution >= 0.6 is 0 Å². The molecule has 33 heavy (non-hydrogen) atoms. The number of benzene rings is 3. The smallest absolute Gasteiger partial charge is 0.195 e. The molecular weight excluding hydrogens is 414 g/mol. The van der Waals surface area contributed by atoms with E-state index >= 15 is 0 Å². The van der Waals surface area contributed by atoms with Crippen LogP contribution in [0.15, 0.2) is 102 Å². The first-order valence-corrected chi connectivity index (χ1v) is 10.6. The Bertz CT molecular complexity index is 1390. The third-order valence-electron chi connectivity index (χ3n) is 5.56. The van der Waals surface area contributed by atoms with Crippen LogP contribution in [0.4, 0.5) is 0 Å². The molecule has 0 spiro atoms. The second-order valence-electron chi connectivity index (χ2n) is 7.72. The number of aliphatic hydroxyl groups is 1. The third-order valence-corrected chi connectivity index (χ3v) is 5.56. The summed E-state index contributed by atoms with van der Waals surface area (Å²) in [4.78, 5) is 17.2. The van der Waals surface area contributed by atoms with Crippen LogP contribution in [-0.4, -0.2) is 25.6 Å². The molecule has 2 heterocycles. The van der Waals surface area contributed by atoms with E-state index in [1.165, 1.54) is 0 Å². The van der Waals surface area contributed by atoms with E-state index in [9.17, 15) is 9.90 Å². The van der Waals surface area contributed by atoms with Gasteiger partial charge in [-0.1, -0.05) is 65.8 Å². The minimum absolute atomic E-state index is 0.341. The van der Waals surface area contributed by atoms with Crippen molar-refractivity contribution in [3.8, 4) is 28.2 Å². The van der Waals surface area contributed by atoms with Gasteiger partial charge in [0.25, 0.3) is 0 Å². The van der Waals surface area contributed by atoms with Crippen LogP contribution in [-0.2, 0) is 0 Å². The molecule has 5 aromatic rings. The summed E-state index contributed by atoms with van der Waals surface area (Å²) in [6.45, 7) is 1.87. The number of hydrogen-bond acceptors (Lipinski definition) is 5. The lowest BCUT2D eigenvalue weighted by Gasteiger charge is -2.10. The van der Waals surface area contributed by atoms with Gasteiger partial charge >= 0.3 is 0 Å². The number of ketones is 1. The monoisotopic (exact) mass is 435 g/mol. The fourth-order valence-corrected chi connectivity index (χ4v) is 3.80. The molecule has 3 aromatic carbocycles. The average Bonchev–Trinajstić information content (AvgIpc) is 3.51. The summed E-state index contributed by atoms with van der Waals surface area (Å²) in [5.41, 5.74) is 5.15. The zero-order valence-electron chi connectivity index (χ0n) is 17.9. The van der Waals surface area contributed by atoms with Crippen LogP contribution in [0, 0.1) is 6.92 Å². The molecule has 1 unspecified atom stereocenters. The molecule has 6 heteroatoms. The quantitative estimate of drug-likeness (QED) is 0.360. The van der Waals surface area contributed by atoms with Gasteiger partial charge in [0.15, 0.2) is 5.78 Å². The van der Waals surface area contributed by atoms with Crippen LogP contribution in [0.3, 0.4) is 0 Å². The Labute approximate surface area is 190 Å². The lowest BCUT2D eigenvalue weighted by atomic mass is 10.00. The van der Waals surface area contributed by atoms with Crippen LogP contribution in [0.1, 0.15) is 27.8 Å². The van der Waals surface area contributed by atoms with Gasteiger partial charge in [-0.3, -0.25) is 4.79 Å². The number of Topliss-reactive ketones (excluding diaryl/α,β-unsaturated/α-hetero) is 1. The van der Waals surface area contributed by atoms with Gasteiger partial charge < -0.3 is 14.2 Å². The molecule has 1 N–H and O–H groups in total. The van der Waals surface area contributed by atoms with Gasteiger partial charge in [0.05, 0.1) is 17.6 Å². The summed E-state index contributed by atoms with van der Waals surface area (Å²) in [6.07, 6.45) is 2.43. The molecule has 0 saturated heterocycles. The highest BCUT2D eigenvalue weighted by Gasteiger charge is 2.20. The molecule has 5 rings (SSSR count). The predicted molar refractivity (Wildman–Crippen MR) is 125 cm³/mol. The second kappa shape index (κ2) is 8.68. The zero-order chi connectivity index (χ0) is 22.8. The maximum atomic E-state index is 12.7. The van der Waals surface area contributed by atoms with Crippen molar-refractivity contribution in [2.24, 2.45) is 0 Å². The van der Waals surface area contributed by atoms with E-state index < -0.39 is 6.10 Å². The molecule has 0 saturated carbocycles. The molecule has 1 atom stereocenters.